The molecular weight excluding hydrogens is 713 g/mol. The van der Waals surface area contributed by atoms with E-state index in [0.29, 0.717) is 29.2 Å². The summed E-state index contributed by atoms with van der Waals surface area (Å²) in [6.45, 7) is 24.0. The summed E-state index contributed by atoms with van der Waals surface area (Å²) >= 11 is 0. The molecule has 54 heavy (non-hydrogen) atoms. The van der Waals surface area contributed by atoms with Crippen LogP contribution in [0.2, 0.25) is 37.8 Å². The lowest BCUT2D eigenvalue weighted by atomic mass is 9.70. The first-order chi connectivity index (χ1) is 24.9. The molecular formula is C42H60N4O6Si2. The maximum absolute atomic E-state index is 13.5. The number of rotatable bonds is 10. The Morgan fingerprint density at radius 2 is 1.57 bits per heavy atom. The minimum Gasteiger partial charge on any atom is -0.481 e. The van der Waals surface area contributed by atoms with Crippen LogP contribution in [0.3, 0.4) is 0 Å². The van der Waals surface area contributed by atoms with Crippen molar-refractivity contribution >= 4 is 28.5 Å². The average molecular weight is 773 g/mol. The van der Waals surface area contributed by atoms with Gasteiger partial charge in [-0.05, 0) is 95.9 Å². The van der Waals surface area contributed by atoms with Crippen LogP contribution in [0.1, 0.15) is 69.7 Å². The minimum absolute atomic E-state index is 0.136. The number of ether oxygens (including phenoxy) is 3. The van der Waals surface area contributed by atoms with Crippen molar-refractivity contribution in [2.45, 2.75) is 108 Å². The Morgan fingerprint density at radius 3 is 2.07 bits per heavy atom. The van der Waals surface area contributed by atoms with Crippen LogP contribution in [-0.4, -0.2) is 79.1 Å². The number of anilines is 1. The molecule has 0 N–H and O–H groups in total. The van der Waals surface area contributed by atoms with Gasteiger partial charge in [0.2, 0.25) is 5.88 Å². The number of aromatic nitrogens is 1. The lowest BCUT2D eigenvalue weighted by Gasteiger charge is -2.50. The fraction of sp³-hybridized carbons (Fsp3) is 0.548. The highest BCUT2D eigenvalue weighted by Gasteiger charge is 2.79. The molecule has 1 fully saturated rings. The van der Waals surface area contributed by atoms with Gasteiger partial charge >= 0.3 is 6.09 Å². The second-order valence-corrected chi connectivity index (χ2v) is 27.7. The van der Waals surface area contributed by atoms with E-state index in [2.05, 4.69) is 103 Å². The summed E-state index contributed by atoms with van der Waals surface area (Å²) in [5, 5.41) is 9.78. The Kier molecular flexibility index (Phi) is 11.0. The van der Waals surface area contributed by atoms with E-state index < -0.39 is 45.6 Å². The summed E-state index contributed by atoms with van der Waals surface area (Å²) in [5.74, 6) is 0.617. The molecule has 1 aliphatic carbocycles. The van der Waals surface area contributed by atoms with Gasteiger partial charge in [-0.25, -0.2) is 4.79 Å². The predicted molar refractivity (Wildman–Crippen MR) is 218 cm³/mol. The zero-order valence-electron chi connectivity index (χ0n) is 35.0. The molecule has 5 rings (SSSR count). The molecule has 1 amide bonds. The molecule has 12 heteroatoms. The van der Waals surface area contributed by atoms with Crippen LogP contribution in [-0.2, 0) is 24.8 Å². The van der Waals surface area contributed by atoms with Gasteiger partial charge in [0, 0.05) is 31.5 Å². The fourth-order valence-corrected chi connectivity index (χ4v) is 10.5. The lowest BCUT2D eigenvalue weighted by Crippen LogP contribution is -2.60. The summed E-state index contributed by atoms with van der Waals surface area (Å²) in [7, 11) is 2.32. The highest BCUT2D eigenvalue weighted by atomic mass is 28.4. The Balaban J connectivity index is 1.99. The second-order valence-electron chi connectivity index (χ2n) is 18.5. The normalized spacial score (nSPS) is 24.0. The number of hydrogen-bond acceptors (Lipinski definition) is 9. The first-order valence-electron chi connectivity index (χ1n) is 18.8. The van der Waals surface area contributed by atoms with Crippen LogP contribution >= 0.6 is 0 Å². The van der Waals surface area contributed by atoms with Gasteiger partial charge in [0.25, 0.3) is 0 Å². The Hall–Kier alpha value is -3.74. The average Bonchev–Trinajstić information content (AvgIpc) is 3.45. The van der Waals surface area contributed by atoms with Crippen molar-refractivity contribution in [3.63, 3.8) is 0 Å². The number of carbonyl (C=O) groups excluding carboxylic acids is 1. The van der Waals surface area contributed by atoms with Gasteiger partial charge in [0.1, 0.15) is 17.2 Å². The lowest BCUT2D eigenvalue weighted by molar-refractivity contribution is -0.135. The van der Waals surface area contributed by atoms with Gasteiger partial charge in [0.15, 0.2) is 27.8 Å². The highest BCUT2D eigenvalue weighted by Crippen LogP contribution is 2.73. The molecule has 1 aliphatic heterocycles. The summed E-state index contributed by atoms with van der Waals surface area (Å²) in [5.41, 5.74) is -0.133. The summed E-state index contributed by atoms with van der Waals surface area (Å²) < 4.78 is 35.4. The number of amides is 1. The Morgan fingerprint density at radius 1 is 0.963 bits per heavy atom. The molecule has 2 aliphatic rings. The van der Waals surface area contributed by atoms with Gasteiger partial charge in [-0.15, -0.1) is 0 Å². The Labute approximate surface area is 325 Å². The number of methoxy groups -OCH3 is 1. The quantitative estimate of drug-likeness (QED) is 0.187. The van der Waals surface area contributed by atoms with E-state index in [1.54, 1.807) is 20.2 Å². The second kappa shape index (κ2) is 14.4. The van der Waals surface area contributed by atoms with Gasteiger partial charge in [0.05, 0.1) is 30.4 Å². The molecule has 0 saturated heterocycles. The van der Waals surface area contributed by atoms with E-state index in [-0.39, 0.29) is 22.8 Å². The maximum Gasteiger partial charge on any atom is 0.415 e. The predicted octanol–water partition coefficient (Wildman–Crippen LogP) is 9.03. The van der Waals surface area contributed by atoms with E-state index in [4.69, 9.17) is 28.0 Å². The van der Waals surface area contributed by atoms with Gasteiger partial charge < -0.3 is 28.0 Å². The molecule has 0 bridgehead atoms. The molecule has 0 spiro atoms. The first kappa shape index (κ1) is 41.4. The highest BCUT2D eigenvalue weighted by molar-refractivity contribution is 6.74. The molecule has 5 atom stereocenters. The van der Waals surface area contributed by atoms with Crippen molar-refractivity contribution in [1.82, 2.24) is 9.88 Å². The van der Waals surface area contributed by atoms with E-state index in [1.165, 1.54) is 4.90 Å². The molecule has 1 aromatic heterocycles. The monoisotopic (exact) mass is 772 g/mol. The minimum atomic E-state index is -2.55. The third-order valence-corrected chi connectivity index (χ3v) is 16.3. The van der Waals surface area contributed by atoms with Crippen molar-refractivity contribution in [1.29, 1.82) is 5.26 Å². The smallest absolute Gasteiger partial charge is 0.415 e. The first-order valence-corrected chi connectivity index (χ1v) is 25.1. The number of nitrogens with zero attached hydrogens (tertiary/aromatic N) is 4. The SMILES string of the molecule is COc1nc(N(C)C(=O)OC(C)(C)C)cc2c1[C@]1(O[Si](C)(C)C)[C@H](O[Si](C)(C)C(C)(C)C)[C@H](CN(C)C)[C@@H](c3ccccc3)[C@]1(c1ccc(C#N)cc1)O2. The van der Waals surface area contributed by atoms with Crippen molar-refractivity contribution in [2.75, 3.05) is 39.7 Å². The number of nitriles is 1. The van der Waals surface area contributed by atoms with Crippen molar-refractivity contribution in [3.05, 3.63) is 82.9 Å². The molecule has 292 valence electrons. The van der Waals surface area contributed by atoms with E-state index in [9.17, 15) is 10.1 Å². The van der Waals surface area contributed by atoms with E-state index in [0.717, 1.165) is 11.1 Å². The van der Waals surface area contributed by atoms with Crippen LogP contribution in [0, 0.1) is 17.2 Å². The third kappa shape index (κ3) is 7.33. The van der Waals surface area contributed by atoms with E-state index in [1.807, 2.05) is 51.1 Å². The number of pyridine rings is 1. The van der Waals surface area contributed by atoms with Gasteiger partial charge in [-0.3, -0.25) is 4.90 Å². The molecule has 1 saturated carbocycles. The Bertz CT molecular complexity index is 1880. The molecule has 2 heterocycles. The topological polar surface area (TPSA) is 106 Å². The zero-order chi connectivity index (χ0) is 40.2. The number of carbonyl (C=O) groups is 1. The van der Waals surface area contributed by atoms with Crippen LogP contribution < -0.4 is 14.4 Å². The molecule has 2 aromatic carbocycles. The van der Waals surface area contributed by atoms with Crippen LogP contribution in [0.5, 0.6) is 11.6 Å². The zero-order valence-corrected chi connectivity index (χ0v) is 37.0. The standard InChI is InChI=1S/C42H60N4O6Si2/c1-39(2,3)50-38(47)46(9)33-25-32-35(37(44-33)48-10)42(52-53(11,12)13)36(51-54(14,15)40(4,5)6)31(27-45(7)8)34(29-19-17-16-18-20-29)41(42,49-32)30-23-21-28(26-43)22-24-30/h16-25,31,34,36H,27H2,1-15H3/t31-,34-,36-,41+,42+/m1/s1. The summed E-state index contributed by atoms with van der Waals surface area (Å²) in [6, 6.07) is 22.3. The third-order valence-electron chi connectivity index (χ3n) is 10.9. The van der Waals surface area contributed by atoms with Crippen LogP contribution in [0.4, 0.5) is 10.6 Å². The van der Waals surface area contributed by atoms with Crippen molar-refractivity contribution in [2.24, 2.45) is 5.92 Å². The largest absolute Gasteiger partial charge is 0.481 e. The summed E-state index contributed by atoms with van der Waals surface area (Å²) in [4.78, 5) is 22.1. The van der Waals surface area contributed by atoms with Crippen molar-refractivity contribution in [3.8, 4) is 17.7 Å². The van der Waals surface area contributed by atoms with E-state index >= 15 is 0 Å². The maximum atomic E-state index is 13.5. The number of fused-ring (bicyclic) bond motifs is 3. The van der Waals surface area contributed by atoms with Gasteiger partial charge in [-0.1, -0.05) is 63.2 Å². The van der Waals surface area contributed by atoms with Crippen LogP contribution in [0.15, 0.2) is 60.7 Å². The molecule has 3 aromatic rings. The molecule has 0 radical (unpaired) electrons. The van der Waals surface area contributed by atoms with Crippen molar-refractivity contribution < 1.29 is 27.9 Å². The van der Waals surface area contributed by atoms with Crippen LogP contribution in [0.25, 0.3) is 0 Å². The summed E-state index contributed by atoms with van der Waals surface area (Å²) in [6.07, 6.45) is -1.10. The van der Waals surface area contributed by atoms with Gasteiger partial charge in [-0.2, -0.15) is 10.2 Å². The number of hydrogen-bond donors (Lipinski definition) is 0. The number of benzene rings is 2. The fourth-order valence-electron chi connectivity index (χ4n) is 7.86. The molecule has 0 unspecified atom stereocenters. The molecule has 10 nitrogen and oxygen atoms in total.